The Balaban J connectivity index is 1.24. The van der Waals surface area contributed by atoms with Gasteiger partial charge in [-0.3, -0.25) is 0 Å². The molecule has 0 bridgehead atoms. The van der Waals surface area contributed by atoms with Gasteiger partial charge in [-0.05, 0) is 86.0 Å². The van der Waals surface area contributed by atoms with Gasteiger partial charge in [0.25, 0.3) is 0 Å². The van der Waals surface area contributed by atoms with E-state index >= 15 is 0 Å². The molecule has 0 radical (unpaired) electrons. The molecule has 5 rings (SSSR count). The zero-order valence-electron chi connectivity index (χ0n) is 19.0. The van der Waals surface area contributed by atoms with Gasteiger partial charge in [0.1, 0.15) is 6.61 Å². The standard InChI is InChI=1S/C24H37N5O2/c1-23-9-7-17(27-31-12-11-29-15-18(14-25)26-28-29)13-16(23)3-4-19-20-5-6-22(30)24(20,2)10-8-21(19)23/h13,15,19-22,30H,3-12,14,25H2,1-2H3/b27-17-/t19?,20?,21?,22-,23-,24-/m0/s1. The summed E-state index contributed by atoms with van der Waals surface area (Å²) in [5.74, 6) is 2.23. The van der Waals surface area contributed by atoms with Crippen LogP contribution in [0.25, 0.3) is 0 Å². The summed E-state index contributed by atoms with van der Waals surface area (Å²) in [6.45, 7) is 6.36. The number of nitrogens with two attached hydrogens (primary N) is 1. The lowest BCUT2D eigenvalue weighted by Gasteiger charge is -2.57. The fourth-order valence-corrected chi connectivity index (χ4v) is 7.42. The highest BCUT2D eigenvalue weighted by molar-refractivity contribution is 5.96. The molecule has 3 saturated carbocycles. The minimum atomic E-state index is -0.0927. The van der Waals surface area contributed by atoms with Gasteiger partial charge in [0.2, 0.25) is 0 Å². The van der Waals surface area contributed by atoms with Crippen molar-refractivity contribution in [1.82, 2.24) is 15.0 Å². The van der Waals surface area contributed by atoms with Crippen LogP contribution in [0.5, 0.6) is 0 Å². The highest BCUT2D eigenvalue weighted by atomic mass is 16.6. The van der Waals surface area contributed by atoms with Crippen molar-refractivity contribution < 1.29 is 9.94 Å². The van der Waals surface area contributed by atoms with Gasteiger partial charge in [-0.25, -0.2) is 4.68 Å². The third-order valence-corrected chi connectivity index (χ3v) is 9.32. The molecule has 7 nitrogen and oxygen atoms in total. The van der Waals surface area contributed by atoms with E-state index in [0.29, 0.717) is 25.6 Å². The Labute approximate surface area is 185 Å². The Morgan fingerprint density at radius 2 is 2.06 bits per heavy atom. The van der Waals surface area contributed by atoms with Crippen molar-refractivity contribution >= 4 is 5.71 Å². The summed E-state index contributed by atoms with van der Waals surface area (Å²) in [5.41, 5.74) is 9.45. The highest BCUT2D eigenvalue weighted by Crippen LogP contribution is 2.65. The summed E-state index contributed by atoms with van der Waals surface area (Å²) in [5, 5.41) is 23.1. The van der Waals surface area contributed by atoms with E-state index in [1.165, 1.54) is 32.1 Å². The van der Waals surface area contributed by atoms with Crippen LogP contribution in [-0.4, -0.2) is 38.5 Å². The molecule has 0 spiro atoms. The van der Waals surface area contributed by atoms with Gasteiger partial charge in [-0.1, -0.05) is 29.8 Å². The van der Waals surface area contributed by atoms with E-state index in [-0.39, 0.29) is 16.9 Å². The molecule has 3 unspecified atom stereocenters. The second kappa shape index (κ2) is 8.00. The fourth-order valence-electron chi connectivity index (χ4n) is 7.42. The summed E-state index contributed by atoms with van der Waals surface area (Å²) in [6, 6.07) is 0. The van der Waals surface area contributed by atoms with Crippen molar-refractivity contribution in [3.05, 3.63) is 23.5 Å². The van der Waals surface area contributed by atoms with E-state index in [2.05, 4.69) is 35.4 Å². The number of hydrogen-bond acceptors (Lipinski definition) is 6. The van der Waals surface area contributed by atoms with E-state index in [4.69, 9.17) is 10.6 Å². The van der Waals surface area contributed by atoms with Gasteiger partial charge < -0.3 is 15.7 Å². The molecular formula is C24H37N5O2. The number of fused-ring (bicyclic) bond motifs is 5. The lowest BCUT2D eigenvalue weighted by molar-refractivity contribution is -0.0722. The summed E-state index contributed by atoms with van der Waals surface area (Å²) in [7, 11) is 0. The fraction of sp³-hybridized carbons (Fsp3) is 0.792. The lowest BCUT2D eigenvalue weighted by atomic mass is 9.47. The summed E-state index contributed by atoms with van der Waals surface area (Å²) in [4.78, 5) is 5.62. The van der Waals surface area contributed by atoms with Crippen LogP contribution in [-0.2, 0) is 17.9 Å². The van der Waals surface area contributed by atoms with Crippen LogP contribution in [0.3, 0.4) is 0 Å². The largest absolute Gasteiger partial charge is 0.394 e. The predicted octanol–water partition coefficient (Wildman–Crippen LogP) is 3.43. The Morgan fingerprint density at radius 3 is 2.87 bits per heavy atom. The Morgan fingerprint density at radius 1 is 1.19 bits per heavy atom. The third kappa shape index (κ3) is 3.54. The number of nitrogens with zero attached hydrogens (tertiary/aromatic N) is 4. The Hall–Kier alpha value is -1.73. The van der Waals surface area contributed by atoms with E-state index < -0.39 is 0 Å². The first-order valence-corrected chi connectivity index (χ1v) is 12.1. The summed E-state index contributed by atoms with van der Waals surface area (Å²) in [6.07, 6.45) is 13.3. The smallest absolute Gasteiger partial charge is 0.136 e. The number of aliphatic hydroxyl groups is 1. The molecule has 0 aliphatic heterocycles. The molecule has 1 heterocycles. The lowest BCUT2D eigenvalue weighted by Crippen LogP contribution is -2.51. The average Bonchev–Trinajstić information content (AvgIpc) is 3.35. The maximum Gasteiger partial charge on any atom is 0.136 e. The molecular weight excluding hydrogens is 390 g/mol. The first-order valence-electron chi connectivity index (χ1n) is 12.1. The molecule has 3 fully saturated rings. The van der Waals surface area contributed by atoms with Crippen molar-refractivity contribution in [2.45, 2.75) is 84.4 Å². The molecule has 31 heavy (non-hydrogen) atoms. The topological polar surface area (TPSA) is 98.6 Å². The van der Waals surface area contributed by atoms with Gasteiger partial charge in [0, 0.05) is 12.7 Å². The van der Waals surface area contributed by atoms with Crippen molar-refractivity contribution in [1.29, 1.82) is 0 Å². The molecule has 170 valence electrons. The Bertz CT molecular complexity index is 879. The molecule has 4 aliphatic rings. The van der Waals surface area contributed by atoms with Gasteiger partial charge in [-0.2, -0.15) is 0 Å². The van der Waals surface area contributed by atoms with E-state index in [9.17, 15) is 5.11 Å². The van der Waals surface area contributed by atoms with Crippen LogP contribution in [0.4, 0.5) is 0 Å². The second-order valence-electron chi connectivity index (χ2n) is 10.7. The molecule has 0 aromatic carbocycles. The quantitative estimate of drug-likeness (QED) is 0.554. The number of allylic oxidation sites excluding steroid dienone is 2. The summed E-state index contributed by atoms with van der Waals surface area (Å²) >= 11 is 0. The summed E-state index contributed by atoms with van der Waals surface area (Å²) < 4.78 is 1.75. The van der Waals surface area contributed by atoms with Gasteiger partial charge in [0.15, 0.2) is 0 Å². The predicted molar refractivity (Wildman–Crippen MR) is 119 cm³/mol. The minimum Gasteiger partial charge on any atom is -0.394 e. The second-order valence-corrected chi connectivity index (χ2v) is 10.7. The number of aliphatic hydroxyl groups excluding tert-OH is 1. The van der Waals surface area contributed by atoms with Crippen molar-refractivity contribution in [2.75, 3.05) is 6.61 Å². The zero-order valence-corrected chi connectivity index (χ0v) is 19.0. The molecule has 6 atom stereocenters. The van der Waals surface area contributed by atoms with E-state index in [0.717, 1.165) is 42.5 Å². The zero-order chi connectivity index (χ0) is 21.6. The van der Waals surface area contributed by atoms with Crippen LogP contribution in [0.2, 0.25) is 0 Å². The molecule has 1 aromatic heterocycles. The van der Waals surface area contributed by atoms with Gasteiger partial charge >= 0.3 is 0 Å². The number of aromatic nitrogens is 3. The molecule has 3 N–H and O–H groups in total. The van der Waals surface area contributed by atoms with Gasteiger partial charge in [-0.15, -0.1) is 5.10 Å². The SMILES string of the molecule is C[C@]12CC/C(=N/OCCn3cc(CN)nn3)C=C1CCC1C2CC[C@@]2(C)C1CC[C@@H]2O. The first-order chi connectivity index (χ1) is 14.9. The molecule has 7 heteroatoms. The van der Waals surface area contributed by atoms with Crippen molar-refractivity contribution in [3.8, 4) is 0 Å². The van der Waals surface area contributed by atoms with Crippen molar-refractivity contribution in [3.63, 3.8) is 0 Å². The van der Waals surface area contributed by atoms with Crippen LogP contribution >= 0.6 is 0 Å². The van der Waals surface area contributed by atoms with E-state index in [1.54, 1.807) is 10.3 Å². The third-order valence-electron chi connectivity index (χ3n) is 9.32. The number of oxime groups is 1. The maximum atomic E-state index is 10.6. The molecule has 1 aromatic rings. The highest BCUT2D eigenvalue weighted by Gasteiger charge is 2.58. The maximum absolute atomic E-state index is 10.6. The van der Waals surface area contributed by atoms with Crippen LogP contribution in [0, 0.1) is 28.6 Å². The van der Waals surface area contributed by atoms with Crippen LogP contribution < -0.4 is 5.73 Å². The van der Waals surface area contributed by atoms with Crippen LogP contribution in [0.15, 0.2) is 23.0 Å². The molecule has 0 amide bonds. The van der Waals surface area contributed by atoms with Crippen molar-refractivity contribution in [2.24, 2.45) is 39.5 Å². The number of rotatable bonds is 5. The Kier molecular flexibility index (Phi) is 5.45. The van der Waals surface area contributed by atoms with E-state index in [1.807, 2.05) is 6.20 Å². The average molecular weight is 428 g/mol. The number of hydrogen-bond donors (Lipinski definition) is 2. The molecule has 4 aliphatic carbocycles. The monoisotopic (exact) mass is 427 g/mol. The van der Waals surface area contributed by atoms with Gasteiger partial charge in [0.05, 0.1) is 24.1 Å². The van der Waals surface area contributed by atoms with Crippen LogP contribution in [0.1, 0.15) is 70.9 Å². The molecule has 0 saturated heterocycles. The normalized spacial score (nSPS) is 40.8. The first kappa shape index (κ1) is 21.1. The minimum absolute atomic E-state index is 0.0927.